The Hall–Kier alpha value is -1.87. The minimum atomic E-state index is -0.267. The summed E-state index contributed by atoms with van der Waals surface area (Å²) in [6.45, 7) is 0.754. The summed E-state index contributed by atoms with van der Waals surface area (Å²) in [5.74, 6) is 0.852. The van der Waals surface area contributed by atoms with Crippen LogP contribution in [0.1, 0.15) is 24.6 Å². The van der Waals surface area contributed by atoms with Gasteiger partial charge < -0.3 is 10.5 Å². The van der Waals surface area contributed by atoms with Gasteiger partial charge in [-0.2, -0.15) is 0 Å². The van der Waals surface area contributed by atoms with E-state index in [0.29, 0.717) is 0 Å². The molecule has 3 heteroatoms. The van der Waals surface area contributed by atoms with E-state index in [2.05, 4.69) is 23.2 Å². The van der Waals surface area contributed by atoms with Crippen molar-refractivity contribution in [3.05, 3.63) is 54.1 Å². The molecule has 0 radical (unpaired) electrons. The number of pyridine rings is 1. The maximum Gasteiger partial charge on any atom is 0.115 e. The van der Waals surface area contributed by atoms with Crippen LogP contribution in [-0.2, 0) is 4.74 Å². The molecule has 0 saturated heterocycles. The minimum absolute atomic E-state index is 0.267. The van der Waals surface area contributed by atoms with Crippen molar-refractivity contribution in [2.75, 3.05) is 6.61 Å². The first-order valence-corrected chi connectivity index (χ1v) is 6.28. The van der Waals surface area contributed by atoms with Crippen LogP contribution in [-0.4, -0.2) is 11.6 Å². The van der Waals surface area contributed by atoms with E-state index in [0.717, 1.165) is 41.7 Å². The van der Waals surface area contributed by atoms with Gasteiger partial charge in [0.25, 0.3) is 0 Å². The fourth-order valence-electron chi connectivity index (χ4n) is 2.32. The standard InChI is InChI=1S/C15H16N2O/c16-14(13-7-3-4-10-18-13)15-12-6-2-1-5-11(12)8-9-17-15/h1-2,5-9,14H,3-4,10,16H2. The van der Waals surface area contributed by atoms with E-state index in [-0.39, 0.29) is 6.04 Å². The van der Waals surface area contributed by atoms with Gasteiger partial charge in [0.2, 0.25) is 0 Å². The molecule has 2 aromatic rings. The van der Waals surface area contributed by atoms with Gasteiger partial charge in [-0.15, -0.1) is 0 Å². The molecule has 1 atom stereocenters. The minimum Gasteiger partial charge on any atom is -0.496 e. The van der Waals surface area contributed by atoms with Gasteiger partial charge in [-0.05, 0) is 30.4 Å². The normalized spacial score (nSPS) is 17.1. The van der Waals surface area contributed by atoms with Gasteiger partial charge in [0, 0.05) is 11.6 Å². The molecule has 0 bridgehead atoms. The lowest BCUT2D eigenvalue weighted by Gasteiger charge is -2.21. The molecular formula is C15H16N2O. The van der Waals surface area contributed by atoms with Crippen molar-refractivity contribution in [1.82, 2.24) is 4.98 Å². The highest BCUT2D eigenvalue weighted by molar-refractivity contribution is 5.84. The molecule has 3 rings (SSSR count). The van der Waals surface area contributed by atoms with Gasteiger partial charge in [0.15, 0.2) is 0 Å². The molecule has 0 fully saturated rings. The zero-order chi connectivity index (χ0) is 12.4. The van der Waals surface area contributed by atoms with Crippen molar-refractivity contribution in [3.63, 3.8) is 0 Å². The Bertz CT molecular complexity index is 587. The van der Waals surface area contributed by atoms with E-state index in [1.54, 1.807) is 6.20 Å². The second-order valence-corrected chi connectivity index (χ2v) is 4.49. The Morgan fingerprint density at radius 3 is 2.94 bits per heavy atom. The summed E-state index contributed by atoms with van der Waals surface area (Å²) in [5, 5.41) is 2.26. The number of benzene rings is 1. The third-order valence-electron chi connectivity index (χ3n) is 3.27. The second kappa shape index (κ2) is 4.78. The smallest absolute Gasteiger partial charge is 0.115 e. The van der Waals surface area contributed by atoms with Crippen LogP contribution in [0.5, 0.6) is 0 Å². The average molecular weight is 240 g/mol. The van der Waals surface area contributed by atoms with Crippen LogP contribution >= 0.6 is 0 Å². The molecule has 1 unspecified atom stereocenters. The monoisotopic (exact) mass is 240 g/mol. The molecule has 0 spiro atoms. The van der Waals surface area contributed by atoms with Gasteiger partial charge in [-0.25, -0.2) is 0 Å². The van der Waals surface area contributed by atoms with E-state index >= 15 is 0 Å². The third-order valence-corrected chi connectivity index (χ3v) is 3.27. The number of ether oxygens (including phenoxy) is 1. The molecular weight excluding hydrogens is 224 g/mol. The maximum atomic E-state index is 6.28. The molecule has 0 saturated carbocycles. The van der Waals surface area contributed by atoms with Crippen LogP contribution in [0.3, 0.4) is 0 Å². The summed E-state index contributed by atoms with van der Waals surface area (Å²) < 4.78 is 5.64. The summed E-state index contributed by atoms with van der Waals surface area (Å²) in [6.07, 6.45) is 5.99. The highest BCUT2D eigenvalue weighted by Gasteiger charge is 2.18. The van der Waals surface area contributed by atoms with E-state index in [1.807, 2.05) is 18.2 Å². The Morgan fingerprint density at radius 1 is 1.22 bits per heavy atom. The fraction of sp³-hybridized carbons (Fsp3) is 0.267. The zero-order valence-corrected chi connectivity index (χ0v) is 10.2. The van der Waals surface area contributed by atoms with Crippen LogP contribution < -0.4 is 5.73 Å². The number of nitrogens with zero attached hydrogens (tertiary/aromatic N) is 1. The molecule has 18 heavy (non-hydrogen) atoms. The lowest BCUT2D eigenvalue weighted by molar-refractivity contribution is 0.175. The molecule has 2 heterocycles. The zero-order valence-electron chi connectivity index (χ0n) is 10.2. The molecule has 3 nitrogen and oxygen atoms in total. The summed E-state index contributed by atoms with van der Waals surface area (Å²) >= 11 is 0. The van der Waals surface area contributed by atoms with Crippen LogP contribution in [0.2, 0.25) is 0 Å². The number of nitrogens with two attached hydrogens (primary N) is 1. The quantitative estimate of drug-likeness (QED) is 0.878. The Kier molecular flexibility index (Phi) is 2.99. The van der Waals surface area contributed by atoms with Crippen molar-refractivity contribution in [2.24, 2.45) is 5.73 Å². The van der Waals surface area contributed by atoms with Crippen molar-refractivity contribution in [3.8, 4) is 0 Å². The SMILES string of the molecule is NC(C1=CCCCO1)c1nccc2ccccc12. The van der Waals surface area contributed by atoms with Gasteiger partial charge in [0.1, 0.15) is 11.8 Å². The lowest BCUT2D eigenvalue weighted by atomic mass is 10.0. The first kappa shape index (κ1) is 11.2. The predicted octanol–water partition coefficient (Wildman–Crippen LogP) is 2.93. The predicted molar refractivity (Wildman–Crippen MR) is 71.9 cm³/mol. The van der Waals surface area contributed by atoms with E-state index in [9.17, 15) is 0 Å². The number of allylic oxidation sites excluding steroid dienone is 1. The number of rotatable bonds is 2. The topological polar surface area (TPSA) is 48.1 Å². The molecule has 0 aliphatic carbocycles. The van der Waals surface area contributed by atoms with Crippen LogP contribution in [0.4, 0.5) is 0 Å². The summed E-state index contributed by atoms with van der Waals surface area (Å²) in [5.41, 5.74) is 7.17. The Labute approximate surface area is 106 Å². The van der Waals surface area contributed by atoms with Gasteiger partial charge in [0.05, 0.1) is 12.3 Å². The average Bonchev–Trinajstić information content (AvgIpc) is 2.47. The highest BCUT2D eigenvalue weighted by atomic mass is 16.5. The van der Waals surface area contributed by atoms with E-state index in [4.69, 9.17) is 10.5 Å². The molecule has 2 N–H and O–H groups in total. The van der Waals surface area contributed by atoms with Crippen molar-refractivity contribution in [2.45, 2.75) is 18.9 Å². The first-order chi connectivity index (χ1) is 8.86. The van der Waals surface area contributed by atoms with Gasteiger partial charge in [-0.1, -0.05) is 24.3 Å². The van der Waals surface area contributed by atoms with Crippen molar-refractivity contribution >= 4 is 10.8 Å². The number of hydrogen-bond acceptors (Lipinski definition) is 3. The van der Waals surface area contributed by atoms with Crippen molar-refractivity contribution in [1.29, 1.82) is 0 Å². The molecule has 1 aromatic heterocycles. The van der Waals surface area contributed by atoms with Gasteiger partial charge in [-0.3, -0.25) is 4.98 Å². The summed E-state index contributed by atoms with van der Waals surface area (Å²) in [4.78, 5) is 4.44. The number of aromatic nitrogens is 1. The van der Waals surface area contributed by atoms with E-state index in [1.165, 1.54) is 0 Å². The maximum absolute atomic E-state index is 6.28. The van der Waals surface area contributed by atoms with Gasteiger partial charge >= 0.3 is 0 Å². The summed E-state index contributed by atoms with van der Waals surface area (Å²) in [6, 6.07) is 9.90. The van der Waals surface area contributed by atoms with Crippen LogP contribution in [0.25, 0.3) is 10.8 Å². The molecule has 92 valence electrons. The Balaban J connectivity index is 2.05. The largest absolute Gasteiger partial charge is 0.496 e. The van der Waals surface area contributed by atoms with Crippen LogP contribution in [0.15, 0.2) is 48.4 Å². The highest BCUT2D eigenvalue weighted by Crippen LogP contribution is 2.27. The molecule has 1 aromatic carbocycles. The first-order valence-electron chi connectivity index (χ1n) is 6.28. The molecule has 1 aliphatic heterocycles. The molecule has 1 aliphatic rings. The second-order valence-electron chi connectivity index (χ2n) is 4.49. The number of fused-ring (bicyclic) bond motifs is 1. The Morgan fingerprint density at radius 2 is 2.11 bits per heavy atom. The summed E-state index contributed by atoms with van der Waals surface area (Å²) in [7, 11) is 0. The molecule has 0 amide bonds. The van der Waals surface area contributed by atoms with Crippen molar-refractivity contribution < 1.29 is 4.74 Å². The number of hydrogen-bond donors (Lipinski definition) is 1. The third kappa shape index (κ3) is 1.97. The van der Waals surface area contributed by atoms with E-state index < -0.39 is 0 Å². The van der Waals surface area contributed by atoms with Crippen LogP contribution in [0, 0.1) is 0 Å². The fourth-order valence-corrected chi connectivity index (χ4v) is 2.32. The lowest BCUT2D eigenvalue weighted by Crippen LogP contribution is -2.19.